The fourth-order valence-corrected chi connectivity index (χ4v) is 1.33. The van der Waals surface area contributed by atoms with Gasteiger partial charge >= 0.3 is 0 Å². The van der Waals surface area contributed by atoms with E-state index in [9.17, 15) is 4.79 Å². The van der Waals surface area contributed by atoms with Gasteiger partial charge in [0.15, 0.2) is 0 Å². The molecule has 1 rings (SSSR count). The second-order valence-corrected chi connectivity index (χ2v) is 3.86. The summed E-state index contributed by atoms with van der Waals surface area (Å²) < 4.78 is 5.26. The molecule has 0 aromatic heterocycles. The van der Waals surface area contributed by atoms with Crippen molar-refractivity contribution in [1.29, 1.82) is 0 Å². The van der Waals surface area contributed by atoms with Crippen molar-refractivity contribution in [3.8, 4) is 0 Å². The summed E-state index contributed by atoms with van der Waals surface area (Å²) in [6.07, 6.45) is 1.03. The summed E-state index contributed by atoms with van der Waals surface area (Å²) in [7, 11) is 0. The average Bonchev–Trinajstić information content (AvgIpc) is 2.49. The molecule has 12 heavy (non-hydrogen) atoms. The maximum Gasteiger partial charge on any atom is 0.229 e. The van der Waals surface area contributed by atoms with Gasteiger partial charge < -0.3 is 10.1 Å². The monoisotopic (exact) mass is 189 g/mol. The third-order valence-electron chi connectivity index (χ3n) is 2.16. The SMILES string of the molecule is CC1(CNC(=O)CS)CCOC1. The van der Waals surface area contributed by atoms with Crippen molar-refractivity contribution < 1.29 is 9.53 Å². The number of amides is 1. The highest BCUT2D eigenvalue weighted by Gasteiger charge is 2.29. The molecule has 1 heterocycles. The lowest BCUT2D eigenvalue weighted by atomic mass is 9.90. The summed E-state index contributed by atoms with van der Waals surface area (Å²) >= 11 is 3.88. The van der Waals surface area contributed by atoms with Crippen molar-refractivity contribution in [2.45, 2.75) is 13.3 Å². The molecule has 70 valence electrons. The highest BCUT2D eigenvalue weighted by atomic mass is 32.1. The number of nitrogens with one attached hydrogen (secondary N) is 1. The van der Waals surface area contributed by atoms with Crippen LogP contribution < -0.4 is 5.32 Å². The Bertz CT molecular complexity index is 166. The second kappa shape index (κ2) is 4.14. The first-order valence-corrected chi connectivity index (χ1v) is 4.75. The zero-order valence-corrected chi connectivity index (χ0v) is 8.19. The molecular weight excluding hydrogens is 174 g/mol. The van der Waals surface area contributed by atoms with Crippen LogP contribution in [0.4, 0.5) is 0 Å². The molecule has 4 heteroatoms. The van der Waals surface area contributed by atoms with E-state index in [4.69, 9.17) is 4.74 Å². The number of rotatable bonds is 3. The Labute approximate surface area is 78.3 Å². The zero-order valence-electron chi connectivity index (χ0n) is 7.30. The van der Waals surface area contributed by atoms with Crippen LogP contribution in [0.15, 0.2) is 0 Å². The summed E-state index contributed by atoms with van der Waals surface area (Å²) in [5.41, 5.74) is 0.138. The van der Waals surface area contributed by atoms with Crippen molar-refractivity contribution in [3.05, 3.63) is 0 Å². The van der Waals surface area contributed by atoms with E-state index < -0.39 is 0 Å². The minimum atomic E-state index is -0.00791. The zero-order chi connectivity index (χ0) is 9.03. The Kier molecular flexibility index (Phi) is 3.40. The first-order valence-electron chi connectivity index (χ1n) is 4.12. The van der Waals surface area contributed by atoms with Crippen LogP contribution in [0.1, 0.15) is 13.3 Å². The minimum absolute atomic E-state index is 0.00791. The third-order valence-corrected chi connectivity index (χ3v) is 2.44. The van der Waals surface area contributed by atoms with Crippen LogP contribution in [0.25, 0.3) is 0 Å². The van der Waals surface area contributed by atoms with Gasteiger partial charge in [0.05, 0.1) is 12.4 Å². The molecule has 1 aliphatic heterocycles. The van der Waals surface area contributed by atoms with Gasteiger partial charge in [-0.25, -0.2) is 0 Å². The molecule has 0 saturated carbocycles. The van der Waals surface area contributed by atoms with Crippen LogP contribution in [0, 0.1) is 5.41 Å². The van der Waals surface area contributed by atoms with Crippen molar-refractivity contribution >= 4 is 18.5 Å². The molecule has 1 N–H and O–H groups in total. The summed E-state index contributed by atoms with van der Waals surface area (Å²) in [5, 5.41) is 2.82. The molecule has 1 atom stereocenters. The van der Waals surface area contributed by atoms with Gasteiger partial charge in [-0.1, -0.05) is 6.92 Å². The molecule has 1 saturated heterocycles. The molecule has 1 fully saturated rings. The van der Waals surface area contributed by atoms with E-state index in [1.54, 1.807) is 0 Å². The summed E-state index contributed by atoms with van der Waals surface area (Å²) in [6, 6.07) is 0. The number of carbonyl (C=O) groups is 1. The number of hydrogen-bond donors (Lipinski definition) is 2. The maximum absolute atomic E-state index is 10.9. The van der Waals surface area contributed by atoms with Crippen LogP contribution in [-0.4, -0.2) is 31.4 Å². The lowest BCUT2D eigenvalue weighted by molar-refractivity contribution is -0.119. The minimum Gasteiger partial charge on any atom is -0.381 e. The lowest BCUT2D eigenvalue weighted by Crippen LogP contribution is -2.36. The number of thiol groups is 1. The Morgan fingerprint density at radius 1 is 1.75 bits per heavy atom. The third kappa shape index (κ3) is 2.68. The highest BCUT2D eigenvalue weighted by Crippen LogP contribution is 2.26. The molecule has 0 aliphatic carbocycles. The van der Waals surface area contributed by atoms with E-state index in [2.05, 4.69) is 24.9 Å². The van der Waals surface area contributed by atoms with Gasteiger partial charge in [0.25, 0.3) is 0 Å². The summed E-state index contributed by atoms with van der Waals surface area (Å²) in [5.74, 6) is 0.253. The van der Waals surface area contributed by atoms with Crippen molar-refractivity contribution in [1.82, 2.24) is 5.32 Å². The Balaban J connectivity index is 2.25. The molecule has 0 bridgehead atoms. The van der Waals surface area contributed by atoms with Crippen LogP contribution >= 0.6 is 12.6 Å². The number of ether oxygens (including phenoxy) is 1. The Morgan fingerprint density at radius 3 is 3.00 bits per heavy atom. The molecule has 0 aromatic carbocycles. The van der Waals surface area contributed by atoms with Gasteiger partial charge in [-0.15, -0.1) is 0 Å². The van der Waals surface area contributed by atoms with Gasteiger partial charge in [0.1, 0.15) is 0 Å². The van der Waals surface area contributed by atoms with E-state index in [1.165, 1.54) is 0 Å². The topological polar surface area (TPSA) is 38.3 Å². The van der Waals surface area contributed by atoms with Crippen LogP contribution in [0.3, 0.4) is 0 Å². The van der Waals surface area contributed by atoms with Gasteiger partial charge in [-0.05, 0) is 6.42 Å². The van der Waals surface area contributed by atoms with Crippen LogP contribution in [-0.2, 0) is 9.53 Å². The molecule has 1 amide bonds. The maximum atomic E-state index is 10.9. The first-order chi connectivity index (χ1) is 5.66. The lowest BCUT2D eigenvalue weighted by Gasteiger charge is -2.21. The highest BCUT2D eigenvalue weighted by molar-refractivity contribution is 7.81. The van der Waals surface area contributed by atoms with Crippen molar-refractivity contribution in [2.24, 2.45) is 5.41 Å². The van der Waals surface area contributed by atoms with E-state index in [0.29, 0.717) is 6.54 Å². The van der Waals surface area contributed by atoms with E-state index >= 15 is 0 Å². The largest absolute Gasteiger partial charge is 0.381 e. The molecule has 1 aliphatic rings. The Morgan fingerprint density at radius 2 is 2.50 bits per heavy atom. The normalized spacial score (nSPS) is 28.8. The summed E-state index contributed by atoms with van der Waals surface area (Å²) in [6.45, 7) is 4.39. The Hall–Kier alpha value is -0.220. The fraction of sp³-hybridized carbons (Fsp3) is 0.875. The molecule has 3 nitrogen and oxygen atoms in total. The quantitative estimate of drug-likeness (QED) is 0.633. The van der Waals surface area contributed by atoms with Crippen LogP contribution in [0.5, 0.6) is 0 Å². The van der Waals surface area contributed by atoms with Gasteiger partial charge in [0.2, 0.25) is 5.91 Å². The summed E-state index contributed by atoms with van der Waals surface area (Å²) in [4.78, 5) is 10.9. The average molecular weight is 189 g/mol. The first kappa shape index (κ1) is 9.86. The fourth-order valence-electron chi connectivity index (χ4n) is 1.22. The predicted octanol–water partition coefficient (Wildman–Crippen LogP) is 0.459. The van der Waals surface area contributed by atoms with E-state index in [0.717, 1.165) is 19.6 Å². The second-order valence-electron chi connectivity index (χ2n) is 3.55. The van der Waals surface area contributed by atoms with E-state index in [-0.39, 0.29) is 17.1 Å². The number of hydrogen-bond acceptors (Lipinski definition) is 3. The molecule has 0 aromatic rings. The molecule has 0 radical (unpaired) electrons. The smallest absolute Gasteiger partial charge is 0.229 e. The van der Waals surface area contributed by atoms with Crippen molar-refractivity contribution in [3.63, 3.8) is 0 Å². The molecule has 0 spiro atoms. The van der Waals surface area contributed by atoms with Gasteiger partial charge in [-0.2, -0.15) is 12.6 Å². The number of carbonyl (C=O) groups excluding carboxylic acids is 1. The molecular formula is C8H15NO2S. The van der Waals surface area contributed by atoms with Gasteiger partial charge in [0, 0.05) is 18.6 Å². The predicted molar refractivity (Wildman–Crippen MR) is 50.4 cm³/mol. The van der Waals surface area contributed by atoms with Crippen LogP contribution in [0.2, 0.25) is 0 Å². The van der Waals surface area contributed by atoms with E-state index in [1.807, 2.05) is 0 Å². The van der Waals surface area contributed by atoms with Crippen molar-refractivity contribution in [2.75, 3.05) is 25.5 Å². The van der Waals surface area contributed by atoms with Gasteiger partial charge in [-0.3, -0.25) is 4.79 Å². The standard InChI is InChI=1S/C8H15NO2S/c1-8(2-3-11-6-8)5-9-7(10)4-12/h12H,2-6H2,1H3,(H,9,10). The molecule has 1 unspecified atom stereocenters.